The number of aryl methyl sites for hydroxylation is 3. The van der Waals surface area contributed by atoms with E-state index in [0.717, 1.165) is 29.7 Å². The SMILES string of the molecule is Cc1cc(C)c(Nc2nc3cnc(N[C@H]4CCOC[C@@H]4F)nc3n2C2CCC(C)(C(N)=O)CC2)c(C)c1. The largest absolute Gasteiger partial charge is 0.378 e. The molecule has 198 valence electrons. The van der Waals surface area contributed by atoms with E-state index in [0.29, 0.717) is 48.9 Å². The third kappa shape index (κ3) is 4.99. The van der Waals surface area contributed by atoms with E-state index in [-0.39, 0.29) is 18.6 Å². The lowest BCUT2D eigenvalue weighted by Crippen LogP contribution is -2.39. The van der Waals surface area contributed by atoms with Gasteiger partial charge in [-0.3, -0.25) is 9.36 Å². The van der Waals surface area contributed by atoms with Gasteiger partial charge in [0.2, 0.25) is 17.8 Å². The van der Waals surface area contributed by atoms with Crippen LogP contribution in [-0.4, -0.2) is 50.9 Å². The van der Waals surface area contributed by atoms with E-state index in [9.17, 15) is 9.18 Å². The smallest absolute Gasteiger partial charge is 0.225 e. The zero-order valence-corrected chi connectivity index (χ0v) is 22.0. The second-order valence-corrected chi connectivity index (χ2v) is 10.9. The Kier molecular flexibility index (Phi) is 6.78. The zero-order chi connectivity index (χ0) is 26.3. The van der Waals surface area contributed by atoms with Crippen LogP contribution in [0.2, 0.25) is 0 Å². The lowest BCUT2D eigenvalue weighted by Gasteiger charge is -2.36. The number of hydrogen-bond donors (Lipinski definition) is 3. The number of halogens is 1. The molecule has 1 aliphatic carbocycles. The zero-order valence-electron chi connectivity index (χ0n) is 22.0. The molecule has 2 fully saturated rings. The first-order valence-electron chi connectivity index (χ1n) is 13.0. The Bertz CT molecular complexity index is 1290. The minimum absolute atomic E-state index is 0.0713. The maximum atomic E-state index is 14.4. The molecular weight excluding hydrogens is 473 g/mol. The van der Waals surface area contributed by atoms with Gasteiger partial charge in [-0.25, -0.2) is 14.4 Å². The summed E-state index contributed by atoms with van der Waals surface area (Å²) in [7, 11) is 0. The van der Waals surface area contributed by atoms with E-state index >= 15 is 0 Å². The molecule has 1 aromatic carbocycles. The molecule has 1 amide bonds. The number of alkyl halides is 1. The number of nitrogens with two attached hydrogens (primary N) is 1. The standard InChI is InChI=1S/C27H36FN7O2/c1-15-11-16(2)22(17(3)12-15)33-26-32-21-13-30-25(31-20-7-10-37-14-19(20)28)34-23(21)35(26)18-5-8-27(4,9-6-18)24(29)36/h11-13,18-20H,5-10,14H2,1-4H3,(H2,29,36)(H,32,33)(H,30,31,34)/t18?,19-,20-,27?/m0/s1. The molecule has 0 spiro atoms. The summed E-state index contributed by atoms with van der Waals surface area (Å²) in [6.07, 6.45) is 4.04. The first-order valence-corrected chi connectivity index (χ1v) is 13.0. The molecule has 1 saturated carbocycles. The Morgan fingerprint density at radius 1 is 1.16 bits per heavy atom. The lowest BCUT2D eigenvalue weighted by atomic mass is 9.73. The third-order valence-corrected chi connectivity index (χ3v) is 7.97. The predicted molar refractivity (Wildman–Crippen MR) is 142 cm³/mol. The third-order valence-electron chi connectivity index (χ3n) is 7.97. The number of anilines is 3. The molecule has 1 aliphatic heterocycles. The van der Waals surface area contributed by atoms with E-state index in [1.165, 1.54) is 5.56 Å². The molecule has 2 aromatic heterocycles. The molecule has 5 rings (SSSR count). The fourth-order valence-electron chi connectivity index (χ4n) is 5.66. The van der Waals surface area contributed by atoms with Gasteiger partial charge >= 0.3 is 0 Å². The van der Waals surface area contributed by atoms with Crippen molar-refractivity contribution in [2.24, 2.45) is 11.1 Å². The molecule has 3 aromatic rings. The summed E-state index contributed by atoms with van der Waals surface area (Å²) in [6.45, 7) is 8.77. The van der Waals surface area contributed by atoms with Crippen molar-refractivity contribution < 1.29 is 13.9 Å². The summed E-state index contributed by atoms with van der Waals surface area (Å²) in [4.78, 5) is 26.2. The number of nitrogens with zero attached hydrogens (tertiary/aromatic N) is 4. The van der Waals surface area contributed by atoms with Crippen LogP contribution in [0.3, 0.4) is 0 Å². The molecule has 2 atom stereocenters. The van der Waals surface area contributed by atoms with Crippen molar-refractivity contribution in [2.75, 3.05) is 23.8 Å². The van der Waals surface area contributed by atoms with E-state index in [1.807, 2.05) is 6.92 Å². The minimum atomic E-state index is -1.12. The van der Waals surface area contributed by atoms with Crippen molar-refractivity contribution in [3.05, 3.63) is 35.0 Å². The Morgan fingerprint density at radius 2 is 1.86 bits per heavy atom. The summed E-state index contributed by atoms with van der Waals surface area (Å²) in [5.41, 5.74) is 11.0. The molecule has 9 nitrogen and oxygen atoms in total. The summed E-state index contributed by atoms with van der Waals surface area (Å²) in [5, 5.41) is 6.73. The average Bonchev–Trinajstić information content (AvgIpc) is 3.20. The van der Waals surface area contributed by atoms with Crippen LogP contribution in [0.5, 0.6) is 0 Å². The number of rotatable bonds is 6. The number of fused-ring (bicyclic) bond motifs is 1. The van der Waals surface area contributed by atoms with E-state index in [1.54, 1.807) is 6.20 Å². The summed E-state index contributed by atoms with van der Waals surface area (Å²) in [5.74, 6) is 0.797. The van der Waals surface area contributed by atoms with Crippen molar-refractivity contribution in [1.82, 2.24) is 19.5 Å². The van der Waals surface area contributed by atoms with Gasteiger partial charge in [0.25, 0.3) is 0 Å². The quantitative estimate of drug-likeness (QED) is 0.443. The fourth-order valence-corrected chi connectivity index (χ4v) is 5.66. The molecule has 37 heavy (non-hydrogen) atoms. The van der Waals surface area contributed by atoms with Crippen LogP contribution in [0.1, 0.15) is 61.8 Å². The number of imidazole rings is 1. The average molecular weight is 510 g/mol. The summed E-state index contributed by atoms with van der Waals surface area (Å²) >= 11 is 0. The monoisotopic (exact) mass is 509 g/mol. The van der Waals surface area contributed by atoms with E-state index in [4.69, 9.17) is 20.4 Å². The van der Waals surface area contributed by atoms with Crippen LogP contribution in [0.4, 0.5) is 22.0 Å². The van der Waals surface area contributed by atoms with Crippen LogP contribution in [0, 0.1) is 26.2 Å². The second-order valence-electron chi connectivity index (χ2n) is 10.9. The number of ether oxygens (including phenoxy) is 1. The molecule has 1 saturated heterocycles. The van der Waals surface area contributed by atoms with Crippen molar-refractivity contribution in [1.29, 1.82) is 0 Å². The van der Waals surface area contributed by atoms with Gasteiger partial charge in [-0.15, -0.1) is 0 Å². The van der Waals surface area contributed by atoms with Crippen LogP contribution >= 0.6 is 0 Å². The van der Waals surface area contributed by atoms with E-state index < -0.39 is 17.6 Å². The molecule has 4 N–H and O–H groups in total. The summed E-state index contributed by atoms with van der Waals surface area (Å²) < 4.78 is 21.7. The Labute approximate surface area is 216 Å². The Hall–Kier alpha value is -3.27. The highest BCUT2D eigenvalue weighted by molar-refractivity contribution is 5.81. The van der Waals surface area contributed by atoms with Crippen LogP contribution in [-0.2, 0) is 9.53 Å². The van der Waals surface area contributed by atoms with Gasteiger partial charge in [0, 0.05) is 23.8 Å². The van der Waals surface area contributed by atoms with Crippen molar-refractivity contribution in [3.63, 3.8) is 0 Å². The molecule has 0 bridgehead atoms. The number of aromatic nitrogens is 4. The molecule has 2 aliphatic rings. The fraction of sp³-hybridized carbons (Fsp3) is 0.556. The number of primary amides is 1. The maximum absolute atomic E-state index is 14.4. The summed E-state index contributed by atoms with van der Waals surface area (Å²) in [6, 6.07) is 3.96. The normalized spacial score (nSPS) is 26.2. The second kappa shape index (κ2) is 9.89. The lowest BCUT2D eigenvalue weighted by molar-refractivity contribution is -0.128. The van der Waals surface area contributed by atoms with Crippen molar-refractivity contribution in [2.45, 2.75) is 78.1 Å². The number of hydrogen-bond acceptors (Lipinski definition) is 7. The highest BCUT2D eigenvalue weighted by Gasteiger charge is 2.38. The Morgan fingerprint density at radius 3 is 2.51 bits per heavy atom. The van der Waals surface area contributed by atoms with Gasteiger partial charge < -0.3 is 21.1 Å². The van der Waals surface area contributed by atoms with E-state index in [2.05, 4.69) is 53.1 Å². The number of amides is 1. The highest BCUT2D eigenvalue weighted by atomic mass is 19.1. The first-order chi connectivity index (χ1) is 17.6. The van der Waals surface area contributed by atoms with Gasteiger partial charge in [-0.05, 0) is 64.0 Å². The van der Waals surface area contributed by atoms with Gasteiger partial charge in [0.05, 0.1) is 18.8 Å². The van der Waals surface area contributed by atoms with Crippen molar-refractivity contribution >= 4 is 34.7 Å². The topological polar surface area (TPSA) is 120 Å². The number of nitrogens with one attached hydrogen (secondary N) is 2. The molecule has 0 unspecified atom stereocenters. The van der Waals surface area contributed by atoms with Gasteiger partial charge in [0.1, 0.15) is 11.7 Å². The van der Waals surface area contributed by atoms with Gasteiger partial charge in [0.15, 0.2) is 5.65 Å². The van der Waals surface area contributed by atoms with Crippen LogP contribution in [0.15, 0.2) is 18.3 Å². The number of benzene rings is 1. The van der Waals surface area contributed by atoms with Crippen LogP contribution < -0.4 is 16.4 Å². The predicted octanol–water partition coefficient (Wildman–Crippen LogP) is 4.64. The van der Waals surface area contributed by atoms with Crippen molar-refractivity contribution in [3.8, 4) is 0 Å². The molecule has 0 radical (unpaired) electrons. The number of carbonyl (C=O) groups excluding carboxylic acids is 1. The van der Waals surface area contributed by atoms with Crippen LogP contribution in [0.25, 0.3) is 11.2 Å². The van der Waals surface area contributed by atoms with Gasteiger partial charge in [-0.2, -0.15) is 4.98 Å². The van der Waals surface area contributed by atoms with Gasteiger partial charge in [-0.1, -0.05) is 24.6 Å². The maximum Gasteiger partial charge on any atom is 0.225 e. The molecular formula is C27H36FN7O2. The number of carbonyl (C=O) groups is 1. The molecule has 10 heteroatoms. The minimum Gasteiger partial charge on any atom is -0.378 e. The first kappa shape index (κ1) is 25.4. The highest BCUT2D eigenvalue weighted by Crippen LogP contribution is 2.43. The molecule has 3 heterocycles. The Balaban J connectivity index is 1.54.